The molecule has 1 aliphatic rings. The third-order valence-electron chi connectivity index (χ3n) is 3.79. The second-order valence-corrected chi connectivity index (χ2v) is 5.27. The molecule has 0 aliphatic heterocycles. The van der Waals surface area contributed by atoms with Crippen molar-refractivity contribution in [2.24, 2.45) is 5.92 Å². The number of hydrogen-bond acceptors (Lipinski definition) is 4. The van der Waals surface area contributed by atoms with E-state index in [1.165, 1.54) is 19.7 Å². The van der Waals surface area contributed by atoms with Gasteiger partial charge in [0, 0.05) is 6.61 Å². The molecule has 0 radical (unpaired) electrons. The summed E-state index contributed by atoms with van der Waals surface area (Å²) in [4.78, 5) is 18.9. The van der Waals surface area contributed by atoms with Crippen LogP contribution in [0.2, 0.25) is 0 Å². The largest absolute Gasteiger partial charge is 0.464 e. The van der Waals surface area contributed by atoms with E-state index in [1.54, 1.807) is 0 Å². The van der Waals surface area contributed by atoms with Gasteiger partial charge in [-0.3, -0.25) is 0 Å². The lowest BCUT2D eigenvalue weighted by Crippen LogP contribution is -2.36. The minimum absolute atomic E-state index is 0.376. The first-order chi connectivity index (χ1) is 9.11. The third-order valence-corrected chi connectivity index (χ3v) is 3.79. The monoisotopic (exact) mass is 266 g/mol. The molecule has 2 unspecified atom stereocenters. The predicted molar refractivity (Wildman–Crippen MR) is 70.9 cm³/mol. The van der Waals surface area contributed by atoms with Crippen LogP contribution in [0.1, 0.15) is 55.8 Å². The lowest BCUT2D eigenvalue weighted by molar-refractivity contribution is -0.0876. The number of esters is 1. The molecule has 5 heteroatoms. The van der Waals surface area contributed by atoms with Gasteiger partial charge in [-0.25, -0.2) is 9.78 Å². The van der Waals surface area contributed by atoms with Crippen molar-refractivity contribution in [3.8, 4) is 0 Å². The first-order valence-corrected chi connectivity index (χ1v) is 6.89. The maximum absolute atomic E-state index is 11.5. The molecule has 5 nitrogen and oxygen atoms in total. The fourth-order valence-corrected chi connectivity index (χ4v) is 2.96. The van der Waals surface area contributed by atoms with Gasteiger partial charge in [0.25, 0.3) is 0 Å². The van der Waals surface area contributed by atoms with Crippen LogP contribution in [0.5, 0.6) is 0 Å². The molecular weight excluding hydrogens is 244 g/mol. The van der Waals surface area contributed by atoms with Crippen molar-refractivity contribution >= 4 is 5.97 Å². The molecule has 0 saturated heterocycles. The van der Waals surface area contributed by atoms with E-state index in [0.29, 0.717) is 18.2 Å². The molecule has 2 atom stereocenters. The zero-order chi connectivity index (χ0) is 13.9. The zero-order valence-electron chi connectivity index (χ0n) is 11.9. The standard InChI is InChI=1S/C14H22N2O3/c1-4-19-14(7-5-6-10(2)8-14)13-15-9-11(16-13)12(17)18-3/h9-10H,4-8H2,1-3H3,(H,15,16). The Hall–Kier alpha value is -1.36. The van der Waals surface area contributed by atoms with Gasteiger partial charge >= 0.3 is 5.97 Å². The smallest absolute Gasteiger partial charge is 0.356 e. The number of ether oxygens (including phenoxy) is 2. The van der Waals surface area contributed by atoms with Gasteiger partial charge < -0.3 is 14.5 Å². The highest BCUT2D eigenvalue weighted by atomic mass is 16.5. The Kier molecular flexibility index (Phi) is 4.24. The first-order valence-electron chi connectivity index (χ1n) is 6.89. The van der Waals surface area contributed by atoms with Gasteiger partial charge in [0.05, 0.1) is 13.3 Å². The maximum atomic E-state index is 11.5. The number of carbonyl (C=O) groups excluding carboxylic acids is 1. The number of rotatable bonds is 4. The van der Waals surface area contributed by atoms with E-state index in [4.69, 9.17) is 9.47 Å². The summed E-state index contributed by atoms with van der Waals surface area (Å²) in [6, 6.07) is 0. The topological polar surface area (TPSA) is 64.2 Å². The molecule has 0 spiro atoms. The number of nitrogens with one attached hydrogen (secondary N) is 1. The van der Waals surface area contributed by atoms with Crippen LogP contribution in [0.25, 0.3) is 0 Å². The summed E-state index contributed by atoms with van der Waals surface area (Å²) in [5, 5.41) is 0. The van der Waals surface area contributed by atoms with Gasteiger partial charge in [0.1, 0.15) is 17.1 Å². The molecule has 106 valence electrons. The van der Waals surface area contributed by atoms with Gasteiger partial charge in [-0.2, -0.15) is 0 Å². The SMILES string of the molecule is CCOC1(c2ncc(C(=O)OC)[nH]2)CCCC(C)C1. The van der Waals surface area contributed by atoms with E-state index in [-0.39, 0.29) is 5.60 Å². The molecule has 1 aromatic rings. The second-order valence-electron chi connectivity index (χ2n) is 5.27. The van der Waals surface area contributed by atoms with E-state index >= 15 is 0 Å². The molecule has 0 bridgehead atoms. The molecule has 2 rings (SSSR count). The molecule has 19 heavy (non-hydrogen) atoms. The van der Waals surface area contributed by atoms with Crippen LogP contribution in [0.3, 0.4) is 0 Å². The lowest BCUT2D eigenvalue weighted by atomic mass is 9.78. The average molecular weight is 266 g/mol. The van der Waals surface area contributed by atoms with Crippen molar-refractivity contribution in [1.82, 2.24) is 9.97 Å². The van der Waals surface area contributed by atoms with Crippen molar-refractivity contribution in [2.45, 2.75) is 45.1 Å². The molecule has 1 aromatic heterocycles. The van der Waals surface area contributed by atoms with Gasteiger partial charge in [0.15, 0.2) is 0 Å². The number of nitrogens with zero attached hydrogens (tertiary/aromatic N) is 1. The Morgan fingerprint density at radius 2 is 2.42 bits per heavy atom. The number of aromatic amines is 1. The highest BCUT2D eigenvalue weighted by Gasteiger charge is 2.40. The van der Waals surface area contributed by atoms with E-state index in [9.17, 15) is 4.79 Å². The van der Waals surface area contributed by atoms with E-state index < -0.39 is 5.97 Å². The summed E-state index contributed by atoms with van der Waals surface area (Å²) in [5.41, 5.74) is 0.00778. The summed E-state index contributed by atoms with van der Waals surface area (Å²) < 4.78 is 10.7. The number of aromatic nitrogens is 2. The van der Waals surface area contributed by atoms with Gasteiger partial charge in [0.2, 0.25) is 0 Å². The van der Waals surface area contributed by atoms with Crippen molar-refractivity contribution in [3.05, 3.63) is 17.7 Å². The Labute approximate surface area is 113 Å². The minimum Gasteiger partial charge on any atom is -0.464 e. The van der Waals surface area contributed by atoms with Crippen molar-refractivity contribution < 1.29 is 14.3 Å². The highest BCUT2D eigenvalue weighted by molar-refractivity contribution is 5.86. The van der Waals surface area contributed by atoms with Crippen LogP contribution in [0, 0.1) is 5.92 Å². The van der Waals surface area contributed by atoms with Gasteiger partial charge in [-0.1, -0.05) is 13.3 Å². The Morgan fingerprint density at radius 3 is 3.05 bits per heavy atom. The van der Waals surface area contributed by atoms with E-state index in [2.05, 4.69) is 16.9 Å². The fourth-order valence-electron chi connectivity index (χ4n) is 2.96. The summed E-state index contributed by atoms with van der Waals surface area (Å²) >= 11 is 0. The van der Waals surface area contributed by atoms with E-state index in [1.807, 2.05) is 6.92 Å². The van der Waals surface area contributed by atoms with Crippen LogP contribution in [0.15, 0.2) is 6.20 Å². The summed E-state index contributed by atoms with van der Waals surface area (Å²) in [7, 11) is 1.36. The number of imidazole rings is 1. The van der Waals surface area contributed by atoms with Gasteiger partial charge in [-0.15, -0.1) is 0 Å². The average Bonchev–Trinajstić information content (AvgIpc) is 2.88. The Bertz CT molecular complexity index is 440. The quantitative estimate of drug-likeness (QED) is 0.851. The predicted octanol–water partition coefficient (Wildman–Crippen LogP) is 2.64. The van der Waals surface area contributed by atoms with Crippen LogP contribution in [-0.2, 0) is 15.1 Å². The number of H-pyrrole nitrogens is 1. The number of hydrogen-bond donors (Lipinski definition) is 1. The molecule has 1 fully saturated rings. The molecule has 0 aromatic carbocycles. The molecule has 1 N–H and O–H groups in total. The maximum Gasteiger partial charge on any atom is 0.356 e. The van der Waals surface area contributed by atoms with E-state index in [0.717, 1.165) is 25.1 Å². The molecule has 1 aliphatic carbocycles. The number of methoxy groups -OCH3 is 1. The minimum atomic E-state index is -0.394. The van der Waals surface area contributed by atoms with Crippen LogP contribution in [-0.4, -0.2) is 29.7 Å². The number of carbonyl (C=O) groups is 1. The normalized spacial score (nSPS) is 27.2. The molecule has 0 amide bonds. The molecule has 1 saturated carbocycles. The summed E-state index contributed by atoms with van der Waals surface area (Å²) in [6.45, 7) is 4.86. The van der Waals surface area contributed by atoms with Crippen LogP contribution in [0.4, 0.5) is 0 Å². The summed E-state index contributed by atoms with van der Waals surface area (Å²) in [6.07, 6.45) is 5.75. The Morgan fingerprint density at radius 1 is 1.63 bits per heavy atom. The van der Waals surface area contributed by atoms with Gasteiger partial charge in [-0.05, 0) is 32.1 Å². The fraction of sp³-hybridized carbons (Fsp3) is 0.714. The lowest BCUT2D eigenvalue weighted by Gasteiger charge is -2.38. The summed E-state index contributed by atoms with van der Waals surface area (Å²) in [5.74, 6) is 0.961. The molecular formula is C14H22N2O3. The van der Waals surface area contributed by atoms with Crippen molar-refractivity contribution in [3.63, 3.8) is 0 Å². The highest BCUT2D eigenvalue weighted by Crippen LogP contribution is 2.41. The van der Waals surface area contributed by atoms with Crippen molar-refractivity contribution in [2.75, 3.05) is 13.7 Å². The Balaban J connectivity index is 2.28. The van der Waals surface area contributed by atoms with Crippen molar-refractivity contribution in [1.29, 1.82) is 0 Å². The van der Waals surface area contributed by atoms with Crippen LogP contribution >= 0.6 is 0 Å². The molecule has 1 heterocycles. The van der Waals surface area contributed by atoms with Crippen LogP contribution < -0.4 is 0 Å². The third kappa shape index (κ3) is 2.81. The zero-order valence-corrected chi connectivity index (χ0v) is 11.9. The second kappa shape index (κ2) is 5.74. The first kappa shape index (κ1) is 14.1.